The average molecular weight is 454 g/mol. The number of pyridine rings is 1. The van der Waals surface area contributed by atoms with E-state index < -0.39 is 29.1 Å². The summed E-state index contributed by atoms with van der Waals surface area (Å²) >= 11 is 6.14. The number of nitrogens with zero attached hydrogens (tertiary/aromatic N) is 3. The highest BCUT2D eigenvalue weighted by atomic mass is 35.5. The van der Waals surface area contributed by atoms with Gasteiger partial charge in [-0.2, -0.15) is 13.2 Å². The lowest BCUT2D eigenvalue weighted by molar-refractivity contribution is -0.137. The highest BCUT2D eigenvalue weighted by molar-refractivity contribution is 6.32. The van der Waals surface area contributed by atoms with Crippen LogP contribution in [0.5, 0.6) is 5.88 Å². The zero-order valence-corrected chi connectivity index (χ0v) is 16.9. The zero-order valence-electron chi connectivity index (χ0n) is 16.1. The minimum atomic E-state index is -4.70. The van der Waals surface area contributed by atoms with Crippen LogP contribution in [0.15, 0.2) is 36.5 Å². The van der Waals surface area contributed by atoms with E-state index in [9.17, 15) is 22.8 Å². The van der Waals surface area contributed by atoms with Gasteiger partial charge in [-0.25, -0.2) is 9.67 Å². The number of alkyl halides is 3. The summed E-state index contributed by atoms with van der Waals surface area (Å²) in [6, 6.07) is 5.78. The average Bonchev–Trinajstić information content (AvgIpc) is 3.13. The number of halogens is 4. The van der Waals surface area contributed by atoms with E-state index in [-0.39, 0.29) is 33.7 Å². The van der Waals surface area contributed by atoms with Crippen molar-refractivity contribution in [3.63, 3.8) is 0 Å². The number of nitrogens with one attached hydrogen (secondary N) is 1. The van der Waals surface area contributed by atoms with Crippen LogP contribution in [0.1, 0.15) is 32.0 Å². The monoisotopic (exact) mass is 453 g/mol. The molecule has 8 nitrogen and oxygen atoms in total. The van der Waals surface area contributed by atoms with Gasteiger partial charge in [-0.3, -0.25) is 9.59 Å². The van der Waals surface area contributed by atoms with Crippen molar-refractivity contribution >= 4 is 29.1 Å². The Bertz CT molecular complexity index is 1180. The molecule has 3 rings (SSSR count). The van der Waals surface area contributed by atoms with Crippen molar-refractivity contribution in [2.75, 3.05) is 12.4 Å². The summed E-state index contributed by atoms with van der Waals surface area (Å²) in [6.45, 7) is 1.31. The molecule has 0 bridgehead atoms. The summed E-state index contributed by atoms with van der Waals surface area (Å²) in [7, 11) is 1.33. The second-order valence-corrected chi connectivity index (χ2v) is 6.73. The third-order valence-electron chi connectivity index (χ3n) is 4.24. The quantitative estimate of drug-likeness (QED) is 0.613. The first-order valence-corrected chi connectivity index (χ1v) is 8.98. The molecule has 2 heterocycles. The molecule has 12 heteroatoms. The number of hydrogen-bond donors (Lipinski definition) is 2. The van der Waals surface area contributed by atoms with Gasteiger partial charge in [-0.05, 0) is 36.8 Å². The van der Waals surface area contributed by atoms with E-state index in [1.807, 2.05) is 0 Å². The first-order chi connectivity index (χ1) is 14.5. The summed E-state index contributed by atoms with van der Waals surface area (Å²) < 4.78 is 45.5. The topological polar surface area (TPSA) is 112 Å². The number of nitrogens with two attached hydrogens (primary N) is 1. The highest BCUT2D eigenvalue weighted by Crippen LogP contribution is 2.34. The predicted octanol–water partition coefficient (Wildman–Crippen LogP) is 3.61. The molecule has 0 saturated carbocycles. The largest absolute Gasteiger partial charge is 0.480 e. The van der Waals surface area contributed by atoms with E-state index in [2.05, 4.69) is 15.4 Å². The van der Waals surface area contributed by atoms with Crippen molar-refractivity contribution in [1.82, 2.24) is 14.8 Å². The van der Waals surface area contributed by atoms with Gasteiger partial charge in [-0.15, -0.1) is 5.10 Å². The van der Waals surface area contributed by atoms with Crippen LogP contribution in [-0.4, -0.2) is 33.7 Å². The molecule has 2 amide bonds. The molecule has 0 fully saturated rings. The summed E-state index contributed by atoms with van der Waals surface area (Å²) in [5.74, 6) is -1.76. The Morgan fingerprint density at radius 2 is 1.97 bits per heavy atom. The van der Waals surface area contributed by atoms with Crippen molar-refractivity contribution in [2.24, 2.45) is 5.73 Å². The number of rotatable bonds is 5. The third kappa shape index (κ3) is 4.45. The molecular weight excluding hydrogens is 439 g/mol. The summed E-state index contributed by atoms with van der Waals surface area (Å²) in [6.07, 6.45) is -3.26. The fourth-order valence-electron chi connectivity index (χ4n) is 2.80. The van der Waals surface area contributed by atoms with E-state index in [1.165, 1.54) is 32.4 Å². The van der Waals surface area contributed by atoms with E-state index in [1.54, 1.807) is 6.07 Å². The fraction of sp³-hybridized carbons (Fsp3) is 0.158. The van der Waals surface area contributed by atoms with E-state index >= 15 is 0 Å². The predicted molar refractivity (Wildman–Crippen MR) is 106 cm³/mol. The summed E-state index contributed by atoms with van der Waals surface area (Å²) in [5.41, 5.74) is 3.44. The van der Waals surface area contributed by atoms with E-state index in [4.69, 9.17) is 22.1 Å². The van der Waals surface area contributed by atoms with Gasteiger partial charge >= 0.3 is 6.18 Å². The SMILES string of the molecule is COc1cc(C(=O)Nc2c(C)cc(C(F)(F)F)cc2C(N)=O)n(-c2ncccc2Cl)n1. The van der Waals surface area contributed by atoms with Gasteiger partial charge in [0, 0.05) is 12.3 Å². The molecule has 0 spiro atoms. The number of aromatic nitrogens is 3. The third-order valence-corrected chi connectivity index (χ3v) is 4.53. The summed E-state index contributed by atoms with van der Waals surface area (Å²) in [4.78, 5) is 28.9. The molecule has 2 aromatic heterocycles. The number of ether oxygens (including phenoxy) is 1. The number of primary amides is 1. The van der Waals surface area contributed by atoms with Gasteiger partial charge in [0.15, 0.2) is 5.82 Å². The number of amides is 2. The molecule has 3 aromatic rings. The molecule has 0 aliphatic carbocycles. The Balaban J connectivity index is 2.08. The fourth-order valence-corrected chi connectivity index (χ4v) is 3.01. The summed E-state index contributed by atoms with van der Waals surface area (Å²) in [5, 5.41) is 6.71. The smallest absolute Gasteiger partial charge is 0.416 e. The van der Waals surface area contributed by atoms with Crippen LogP contribution in [0.2, 0.25) is 5.02 Å². The minimum absolute atomic E-state index is 0.00845. The van der Waals surface area contributed by atoms with Crippen LogP contribution < -0.4 is 15.8 Å². The highest BCUT2D eigenvalue weighted by Gasteiger charge is 2.33. The second kappa shape index (κ2) is 8.26. The second-order valence-electron chi connectivity index (χ2n) is 6.32. The van der Waals surface area contributed by atoms with Crippen molar-refractivity contribution < 1.29 is 27.5 Å². The van der Waals surface area contributed by atoms with E-state index in [0.717, 1.165) is 10.7 Å². The molecule has 0 aliphatic heterocycles. The first-order valence-electron chi connectivity index (χ1n) is 8.61. The Morgan fingerprint density at radius 3 is 2.55 bits per heavy atom. The number of aryl methyl sites for hydroxylation is 1. The number of methoxy groups -OCH3 is 1. The number of hydrogen-bond acceptors (Lipinski definition) is 5. The van der Waals surface area contributed by atoms with Gasteiger partial charge in [0.25, 0.3) is 11.8 Å². The van der Waals surface area contributed by atoms with Crippen LogP contribution in [0, 0.1) is 6.92 Å². The molecule has 0 atom stereocenters. The molecule has 0 aliphatic rings. The van der Waals surface area contributed by atoms with E-state index in [0.29, 0.717) is 6.07 Å². The molecule has 0 unspecified atom stereocenters. The van der Waals surface area contributed by atoms with Crippen LogP contribution in [0.3, 0.4) is 0 Å². The van der Waals surface area contributed by atoms with Crippen LogP contribution in [0.4, 0.5) is 18.9 Å². The lowest BCUT2D eigenvalue weighted by atomic mass is 10.0. The van der Waals surface area contributed by atoms with Gasteiger partial charge in [0.05, 0.1) is 28.9 Å². The normalized spacial score (nSPS) is 11.3. The van der Waals surface area contributed by atoms with Crippen molar-refractivity contribution in [3.05, 3.63) is 63.9 Å². The van der Waals surface area contributed by atoms with Gasteiger partial charge in [0.2, 0.25) is 5.88 Å². The molecule has 0 saturated heterocycles. The molecule has 3 N–H and O–H groups in total. The molecule has 31 heavy (non-hydrogen) atoms. The minimum Gasteiger partial charge on any atom is -0.480 e. The lowest BCUT2D eigenvalue weighted by Gasteiger charge is -2.16. The Hall–Kier alpha value is -3.60. The van der Waals surface area contributed by atoms with Crippen molar-refractivity contribution in [3.8, 4) is 11.7 Å². The van der Waals surface area contributed by atoms with Crippen LogP contribution in [-0.2, 0) is 6.18 Å². The maximum absolute atomic E-state index is 13.1. The Morgan fingerprint density at radius 1 is 1.26 bits per heavy atom. The van der Waals surface area contributed by atoms with Crippen molar-refractivity contribution in [1.29, 1.82) is 0 Å². The maximum atomic E-state index is 13.1. The first kappa shape index (κ1) is 22.1. The number of carbonyl (C=O) groups is 2. The molecule has 1 aromatic carbocycles. The standard InChI is InChI=1S/C19H15ClF3N5O3/c1-9-6-10(19(21,22)23)7-11(16(24)29)15(9)26-18(30)13-8-14(31-2)27-28(13)17-12(20)4-3-5-25-17/h3-8H,1-2H3,(H2,24,29)(H,26,30). The Kier molecular flexibility index (Phi) is 5.89. The maximum Gasteiger partial charge on any atom is 0.416 e. The molecular formula is C19H15ClF3N5O3. The zero-order chi connectivity index (χ0) is 22.9. The number of carbonyl (C=O) groups excluding carboxylic acids is 2. The lowest BCUT2D eigenvalue weighted by Crippen LogP contribution is -2.22. The molecule has 0 radical (unpaired) electrons. The van der Waals surface area contributed by atoms with Gasteiger partial charge in [0.1, 0.15) is 5.69 Å². The van der Waals surface area contributed by atoms with Crippen LogP contribution >= 0.6 is 11.6 Å². The van der Waals surface area contributed by atoms with Gasteiger partial charge in [-0.1, -0.05) is 11.6 Å². The van der Waals surface area contributed by atoms with Gasteiger partial charge < -0.3 is 15.8 Å². The number of anilines is 1. The Labute approximate surface area is 178 Å². The van der Waals surface area contributed by atoms with Crippen LogP contribution in [0.25, 0.3) is 5.82 Å². The van der Waals surface area contributed by atoms with Crippen molar-refractivity contribution in [2.45, 2.75) is 13.1 Å². The number of benzene rings is 1. The molecule has 162 valence electrons.